The van der Waals surface area contributed by atoms with E-state index in [1.165, 1.54) is 15.9 Å². The van der Waals surface area contributed by atoms with Crippen LogP contribution < -0.4 is 16.0 Å². The average Bonchev–Trinajstić information content (AvgIpc) is 3.48. The smallest absolute Gasteiger partial charge is 0.336 e. The van der Waals surface area contributed by atoms with Crippen LogP contribution in [-0.2, 0) is 6.54 Å². The fourth-order valence-corrected chi connectivity index (χ4v) is 4.40. The second-order valence-corrected chi connectivity index (χ2v) is 8.19. The van der Waals surface area contributed by atoms with Crippen LogP contribution >= 0.6 is 22.9 Å². The quantitative estimate of drug-likeness (QED) is 0.389. The van der Waals surface area contributed by atoms with Crippen LogP contribution in [0, 0.1) is 0 Å². The molecule has 0 fully saturated rings. The molecule has 2 aromatic carbocycles. The standard InChI is InChI=1S/C22H15ClN4O4S/c1-30-17-5-3-2-4-15(17)20-24-18(31-25-20)12-26-16-10-11-32-19(16)21(28)27(22(26)29)14-8-6-13(23)7-9-14/h2-11H,12H2,1H3. The van der Waals surface area contributed by atoms with E-state index in [9.17, 15) is 9.59 Å². The number of rotatable bonds is 5. The molecule has 0 saturated carbocycles. The molecule has 0 aliphatic carbocycles. The lowest BCUT2D eigenvalue weighted by Gasteiger charge is -2.10. The number of aromatic nitrogens is 4. The number of para-hydroxylation sites is 1. The van der Waals surface area contributed by atoms with Crippen molar-refractivity contribution in [1.29, 1.82) is 0 Å². The van der Waals surface area contributed by atoms with E-state index < -0.39 is 5.69 Å². The average molecular weight is 467 g/mol. The Hall–Kier alpha value is -3.69. The van der Waals surface area contributed by atoms with Gasteiger partial charge in [0.05, 0.1) is 23.9 Å². The summed E-state index contributed by atoms with van der Waals surface area (Å²) in [5, 5.41) is 6.31. The first-order chi connectivity index (χ1) is 15.6. The molecule has 0 unspecified atom stereocenters. The summed E-state index contributed by atoms with van der Waals surface area (Å²) in [5.74, 6) is 1.17. The highest BCUT2D eigenvalue weighted by atomic mass is 35.5. The molecule has 160 valence electrons. The summed E-state index contributed by atoms with van der Waals surface area (Å²) in [4.78, 5) is 30.8. The summed E-state index contributed by atoms with van der Waals surface area (Å²) in [7, 11) is 1.56. The minimum atomic E-state index is -0.514. The van der Waals surface area contributed by atoms with Gasteiger partial charge in [0, 0.05) is 5.02 Å². The van der Waals surface area contributed by atoms with Gasteiger partial charge in [0.25, 0.3) is 5.56 Å². The monoisotopic (exact) mass is 466 g/mol. The van der Waals surface area contributed by atoms with Gasteiger partial charge in [-0.25, -0.2) is 9.36 Å². The van der Waals surface area contributed by atoms with Crippen molar-refractivity contribution in [3.8, 4) is 22.8 Å². The second-order valence-electron chi connectivity index (χ2n) is 6.83. The van der Waals surface area contributed by atoms with E-state index in [1.54, 1.807) is 48.9 Å². The normalized spacial score (nSPS) is 11.2. The number of nitrogens with zero attached hydrogens (tertiary/aromatic N) is 4. The topological polar surface area (TPSA) is 92.2 Å². The van der Waals surface area contributed by atoms with Crippen LogP contribution in [-0.4, -0.2) is 26.4 Å². The third-order valence-corrected chi connectivity index (χ3v) is 6.09. The van der Waals surface area contributed by atoms with Crippen molar-refractivity contribution >= 4 is 33.2 Å². The molecule has 0 amide bonds. The SMILES string of the molecule is COc1ccccc1-c1noc(Cn2c(=O)n(-c3ccc(Cl)cc3)c(=O)c3sccc32)n1. The molecule has 0 radical (unpaired) electrons. The van der Waals surface area contributed by atoms with Gasteiger partial charge in [-0.15, -0.1) is 11.3 Å². The highest BCUT2D eigenvalue weighted by Gasteiger charge is 2.19. The van der Waals surface area contributed by atoms with Crippen molar-refractivity contribution in [2.75, 3.05) is 7.11 Å². The largest absolute Gasteiger partial charge is 0.496 e. The molecule has 5 aromatic rings. The highest BCUT2D eigenvalue weighted by molar-refractivity contribution is 7.17. The molecule has 0 atom stereocenters. The lowest BCUT2D eigenvalue weighted by atomic mass is 10.2. The molecule has 3 heterocycles. The van der Waals surface area contributed by atoms with Gasteiger partial charge >= 0.3 is 5.69 Å². The van der Waals surface area contributed by atoms with Crippen LogP contribution in [0.25, 0.3) is 27.3 Å². The Labute approximate surface area is 189 Å². The molecule has 8 nitrogen and oxygen atoms in total. The van der Waals surface area contributed by atoms with Crippen molar-refractivity contribution in [2.45, 2.75) is 6.54 Å². The fourth-order valence-electron chi connectivity index (χ4n) is 3.45. The van der Waals surface area contributed by atoms with E-state index in [4.69, 9.17) is 20.9 Å². The number of thiophene rings is 1. The summed E-state index contributed by atoms with van der Waals surface area (Å²) in [5.41, 5.74) is 0.698. The lowest BCUT2D eigenvalue weighted by Crippen LogP contribution is -2.38. The van der Waals surface area contributed by atoms with E-state index in [2.05, 4.69) is 10.1 Å². The van der Waals surface area contributed by atoms with Gasteiger partial charge in [0.1, 0.15) is 17.0 Å². The van der Waals surface area contributed by atoms with Gasteiger partial charge in [-0.3, -0.25) is 9.36 Å². The first kappa shape index (κ1) is 20.2. The Morgan fingerprint density at radius 2 is 1.88 bits per heavy atom. The Morgan fingerprint density at radius 1 is 1.09 bits per heavy atom. The molecule has 0 spiro atoms. The maximum atomic E-state index is 13.4. The van der Waals surface area contributed by atoms with E-state index in [-0.39, 0.29) is 18.0 Å². The summed E-state index contributed by atoms with van der Waals surface area (Å²) in [6.07, 6.45) is 0. The summed E-state index contributed by atoms with van der Waals surface area (Å²) in [6.45, 7) is 0.00207. The van der Waals surface area contributed by atoms with Crippen LogP contribution in [0.5, 0.6) is 5.75 Å². The maximum Gasteiger partial charge on any atom is 0.336 e. The molecule has 0 saturated heterocycles. The number of fused-ring (bicyclic) bond motifs is 1. The summed E-state index contributed by atoms with van der Waals surface area (Å²) < 4.78 is 13.8. The third-order valence-electron chi connectivity index (χ3n) is 4.95. The minimum absolute atomic E-state index is 0.00207. The van der Waals surface area contributed by atoms with Gasteiger partial charge in [-0.1, -0.05) is 28.9 Å². The van der Waals surface area contributed by atoms with Crippen LogP contribution in [0.3, 0.4) is 0 Å². The maximum absolute atomic E-state index is 13.4. The zero-order chi connectivity index (χ0) is 22.2. The van der Waals surface area contributed by atoms with Crippen molar-refractivity contribution in [3.63, 3.8) is 0 Å². The number of ether oxygens (including phenoxy) is 1. The number of hydrogen-bond donors (Lipinski definition) is 0. The van der Waals surface area contributed by atoms with Gasteiger partial charge in [-0.05, 0) is 47.8 Å². The predicted molar refractivity (Wildman–Crippen MR) is 122 cm³/mol. The summed E-state index contributed by atoms with van der Waals surface area (Å²) in [6, 6.07) is 15.5. The Balaban J connectivity index is 1.62. The molecule has 32 heavy (non-hydrogen) atoms. The molecule has 0 bridgehead atoms. The molecule has 0 aliphatic rings. The molecular weight excluding hydrogens is 452 g/mol. The third kappa shape index (κ3) is 3.41. The van der Waals surface area contributed by atoms with Gasteiger partial charge in [0.2, 0.25) is 11.7 Å². The zero-order valence-electron chi connectivity index (χ0n) is 16.7. The fraction of sp³-hybridized carbons (Fsp3) is 0.0909. The molecule has 0 N–H and O–H groups in total. The first-order valence-corrected chi connectivity index (χ1v) is 10.8. The minimum Gasteiger partial charge on any atom is -0.496 e. The van der Waals surface area contributed by atoms with E-state index in [0.29, 0.717) is 38.1 Å². The highest BCUT2D eigenvalue weighted by Crippen LogP contribution is 2.27. The molecule has 0 aliphatic heterocycles. The second kappa shape index (κ2) is 8.10. The van der Waals surface area contributed by atoms with Crippen LogP contribution in [0.1, 0.15) is 5.89 Å². The van der Waals surface area contributed by atoms with Crippen molar-refractivity contribution in [3.05, 3.63) is 91.7 Å². The zero-order valence-corrected chi connectivity index (χ0v) is 18.3. The molecular formula is C22H15ClN4O4S. The van der Waals surface area contributed by atoms with E-state index in [1.807, 2.05) is 18.2 Å². The van der Waals surface area contributed by atoms with Crippen molar-refractivity contribution in [1.82, 2.24) is 19.3 Å². The summed E-state index contributed by atoms with van der Waals surface area (Å²) >= 11 is 7.23. The Kier molecular flexibility index (Phi) is 5.12. The van der Waals surface area contributed by atoms with Gasteiger partial charge < -0.3 is 9.26 Å². The van der Waals surface area contributed by atoms with Gasteiger partial charge in [0.15, 0.2) is 0 Å². The molecule has 10 heteroatoms. The Morgan fingerprint density at radius 3 is 2.66 bits per heavy atom. The Bertz CT molecular complexity index is 1550. The number of benzene rings is 2. The number of methoxy groups -OCH3 is 1. The first-order valence-electron chi connectivity index (χ1n) is 9.52. The van der Waals surface area contributed by atoms with Crippen molar-refractivity contribution in [2.24, 2.45) is 0 Å². The van der Waals surface area contributed by atoms with E-state index in [0.717, 1.165) is 4.57 Å². The van der Waals surface area contributed by atoms with E-state index >= 15 is 0 Å². The predicted octanol–water partition coefficient (Wildman–Crippen LogP) is 3.97. The van der Waals surface area contributed by atoms with Gasteiger partial charge in [-0.2, -0.15) is 4.98 Å². The van der Waals surface area contributed by atoms with Crippen LogP contribution in [0.2, 0.25) is 5.02 Å². The number of halogens is 1. The van der Waals surface area contributed by atoms with Crippen LogP contribution in [0.15, 0.2) is 74.1 Å². The lowest BCUT2D eigenvalue weighted by molar-refractivity contribution is 0.369. The molecule has 5 rings (SSSR count). The van der Waals surface area contributed by atoms with Crippen molar-refractivity contribution < 1.29 is 9.26 Å². The molecule has 3 aromatic heterocycles. The van der Waals surface area contributed by atoms with Crippen LogP contribution in [0.4, 0.5) is 0 Å². The number of hydrogen-bond acceptors (Lipinski definition) is 7.